The van der Waals surface area contributed by atoms with Crippen molar-refractivity contribution < 1.29 is 0 Å². The van der Waals surface area contributed by atoms with Crippen molar-refractivity contribution in [1.29, 1.82) is 0 Å². The van der Waals surface area contributed by atoms with E-state index < -0.39 is 0 Å². The summed E-state index contributed by atoms with van der Waals surface area (Å²) in [5.41, 5.74) is 2.34. The van der Waals surface area contributed by atoms with Crippen LogP contribution in [-0.4, -0.2) is 0 Å². The molecule has 57 valence electrons. The van der Waals surface area contributed by atoms with Crippen LogP contribution in [0.2, 0.25) is 0 Å². The molecule has 0 nitrogen and oxygen atoms in total. The quantitative estimate of drug-likeness (QED) is 0.599. The molecule has 0 amide bonds. The minimum absolute atomic E-state index is 1.05. The van der Waals surface area contributed by atoms with Gasteiger partial charge >= 0.3 is 0 Å². The van der Waals surface area contributed by atoms with Crippen molar-refractivity contribution in [1.82, 2.24) is 0 Å². The van der Waals surface area contributed by atoms with Crippen LogP contribution in [-0.2, 0) is 0 Å². The summed E-state index contributed by atoms with van der Waals surface area (Å²) in [6.45, 7) is 6.08. The van der Waals surface area contributed by atoms with E-state index in [1.807, 2.05) is 18.2 Å². The van der Waals surface area contributed by atoms with Crippen molar-refractivity contribution in [2.45, 2.75) is 13.3 Å². The van der Waals surface area contributed by atoms with Gasteiger partial charge in [-0.15, -0.1) is 0 Å². The van der Waals surface area contributed by atoms with Crippen LogP contribution in [0.15, 0.2) is 36.4 Å². The lowest BCUT2D eigenvalue weighted by molar-refractivity contribution is 1.23. The smallest absolute Gasteiger partial charge is 0.0228 e. The molecule has 0 saturated heterocycles. The van der Waals surface area contributed by atoms with E-state index in [9.17, 15) is 0 Å². The maximum atomic E-state index is 3.96. The zero-order valence-electron chi connectivity index (χ0n) is 6.88. The topological polar surface area (TPSA) is 0 Å². The van der Waals surface area contributed by atoms with Crippen molar-refractivity contribution in [3.63, 3.8) is 0 Å². The van der Waals surface area contributed by atoms with Gasteiger partial charge in [-0.1, -0.05) is 43.3 Å². The second-order valence-corrected chi connectivity index (χ2v) is 2.50. The highest BCUT2D eigenvalue weighted by Crippen LogP contribution is 2.12. The first-order valence-corrected chi connectivity index (χ1v) is 3.92. The van der Waals surface area contributed by atoms with Crippen molar-refractivity contribution in [2.75, 3.05) is 0 Å². The van der Waals surface area contributed by atoms with Crippen LogP contribution in [0.3, 0.4) is 0 Å². The maximum absolute atomic E-state index is 3.96. The molecule has 0 aliphatic carbocycles. The summed E-state index contributed by atoms with van der Waals surface area (Å²) < 4.78 is 0. The second-order valence-electron chi connectivity index (χ2n) is 2.50. The van der Waals surface area contributed by atoms with Crippen molar-refractivity contribution in [3.05, 3.63) is 48.9 Å². The Morgan fingerprint density at radius 2 is 2.00 bits per heavy atom. The summed E-state index contributed by atoms with van der Waals surface area (Å²) in [7, 11) is 0. The van der Waals surface area contributed by atoms with Crippen molar-refractivity contribution >= 4 is 5.57 Å². The van der Waals surface area contributed by atoms with Gasteiger partial charge in [-0.3, -0.25) is 0 Å². The highest BCUT2D eigenvalue weighted by molar-refractivity contribution is 5.67. The first kappa shape index (κ1) is 8.06. The molecule has 11 heavy (non-hydrogen) atoms. The maximum Gasteiger partial charge on any atom is -0.0228 e. The van der Waals surface area contributed by atoms with E-state index in [4.69, 9.17) is 0 Å². The monoisotopic (exact) mass is 145 g/mol. The Hall–Kier alpha value is -1.04. The molecule has 0 aliphatic rings. The third-order valence-corrected chi connectivity index (χ3v) is 1.60. The first-order chi connectivity index (χ1) is 5.34. The molecule has 0 unspecified atom stereocenters. The predicted octanol–water partition coefficient (Wildman–Crippen LogP) is 3.31. The van der Waals surface area contributed by atoms with Crippen LogP contribution >= 0.6 is 0 Å². The zero-order chi connectivity index (χ0) is 8.10. The number of hydrogen-bond acceptors (Lipinski definition) is 0. The summed E-state index contributed by atoms with van der Waals surface area (Å²) in [5.74, 6) is 0. The fourth-order valence-electron chi connectivity index (χ4n) is 1.02. The fourth-order valence-corrected chi connectivity index (χ4v) is 1.02. The molecule has 0 saturated carbocycles. The van der Waals surface area contributed by atoms with E-state index in [2.05, 4.69) is 32.1 Å². The van der Waals surface area contributed by atoms with Crippen molar-refractivity contribution in [2.24, 2.45) is 0 Å². The van der Waals surface area contributed by atoms with E-state index in [-0.39, 0.29) is 0 Å². The number of allylic oxidation sites excluding steroid dienone is 2. The molecule has 0 heteroatoms. The molecular formula is C11H13. The molecule has 0 aromatic heterocycles. The van der Waals surface area contributed by atoms with Crippen molar-refractivity contribution in [3.8, 4) is 0 Å². The average molecular weight is 145 g/mol. The number of rotatable bonds is 2. The SMILES string of the molecule is [CH2]C(=CCC)c1ccccc1. The van der Waals surface area contributed by atoms with E-state index >= 15 is 0 Å². The van der Waals surface area contributed by atoms with Gasteiger partial charge in [-0.2, -0.15) is 0 Å². The molecule has 0 heterocycles. The zero-order valence-corrected chi connectivity index (χ0v) is 6.88. The minimum Gasteiger partial charge on any atom is -0.0810 e. The largest absolute Gasteiger partial charge is 0.0810 e. The van der Waals surface area contributed by atoms with E-state index in [0.717, 1.165) is 12.0 Å². The Kier molecular flexibility index (Phi) is 2.91. The molecule has 0 fully saturated rings. The number of hydrogen-bond donors (Lipinski definition) is 0. The first-order valence-electron chi connectivity index (χ1n) is 3.92. The van der Waals surface area contributed by atoms with Gasteiger partial charge in [0.25, 0.3) is 0 Å². The molecule has 0 aliphatic heterocycles. The Labute approximate surface area is 68.6 Å². The molecule has 1 aromatic rings. The summed E-state index contributed by atoms with van der Waals surface area (Å²) in [5, 5.41) is 0. The summed E-state index contributed by atoms with van der Waals surface area (Å²) in [6, 6.07) is 10.2. The van der Waals surface area contributed by atoms with Gasteiger partial charge in [-0.25, -0.2) is 0 Å². The highest BCUT2D eigenvalue weighted by Gasteiger charge is 1.90. The van der Waals surface area contributed by atoms with Crippen LogP contribution in [0.4, 0.5) is 0 Å². The molecule has 1 rings (SSSR count). The Morgan fingerprint density at radius 1 is 1.36 bits per heavy atom. The second kappa shape index (κ2) is 3.97. The molecule has 0 spiro atoms. The van der Waals surface area contributed by atoms with Gasteiger partial charge in [-0.05, 0) is 24.5 Å². The lowest BCUT2D eigenvalue weighted by Gasteiger charge is -1.98. The summed E-state index contributed by atoms with van der Waals surface area (Å²) in [4.78, 5) is 0. The molecule has 1 radical (unpaired) electrons. The molecule has 0 N–H and O–H groups in total. The average Bonchev–Trinajstić information content (AvgIpc) is 2.07. The normalized spacial score (nSPS) is 11.6. The third-order valence-electron chi connectivity index (χ3n) is 1.60. The molecular weight excluding hydrogens is 132 g/mol. The van der Waals surface area contributed by atoms with Crippen LogP contribution < -0.4 is 0 Å². The summed E-state index contributed by atoms with van der Waals surface area (Å²) in [6.07, 6.45) is 3.18. The molecule has 0 atom stereocenters. The highest BCUT2D eigenvalue weighted by atomic mass is 14.0. The van der Waals surface area contributed by atoms with Gasteiger partial charge in [0.15, 0.2) is 0 Å². The Morgan fingerprint density at radius 3 is 2.55 bits per heavy atom. The Bertz CT molecular complexity index is 231. The van der Waals surface area contributed by atoms with Crippen LogP contribution in [0.5, 0.6) is 0 Å². The third kappa shape index (κ3) is 2.23. The number of benzene rings is 1. The van der Waals surface area contributed by atoms with Gasteiger partial charge in [0.2, 0.25) is 0 Å². The van der Waals surface area contributed by atoms with Gasteiger partial charge in [0, 0.05) is 0 Å². The summed E-state index contributed by atoms with van der Waals surface area (Å²) >= 11 is 0. The van der Waals surface area contributed by atoms with Gasteiger partial charge in [0.05, 0.1) is 0 Å². The van der Waals surface area contributed by atoms with E-state index in [1.165, 1.54) is 5.56 Å². The predicted molar refractivity (Wildman–Crippen MR) is 50.1 cm³/mol. The van der Waals surface area contributed by atoms with E-state index in [1.54, 1.807) is 0 Å². The van der Waals surface area contributed by atoms with Crippen LogP contribution in [0.25, 0.3) is 5.57 Å². The van der Waals surface area contributed by atoms with E-state index in [0.29, 0.717) is 0 Å². The minimum atomic E-state index is 1.05. The lowest BCUT2D eigenvalue weighted by Crippen LogP contribution is -1.76. The van der Waals surface area contributed by atoms with Crippen LogP contribution in [0.1, 0.15) is 18.9 Å². The lowest BCUT2D eigenvalue weighted by atomic mass is 10.1. The standard InChI is InChI=1S/C11H13/c1-3-7-10(2)11-8-5-4-6-9-11/h4-9H,2-3H2,1H3. The van der Waals surface area contributed by atoms with Gasteiger partial charge in [0.1, 0.15) is 0 Å². The molecule has 1 aromatic carbocycles. The van der Waals surface area contributed by atoms with Gasteiger partial charge < -0.3 is 0 Å². The van der Waals surface area contributed by atoms with Crippen LogP contribution in [0, 0.1) is 6.92 Å². The molecule has 0 bridgehead atoms. The fraction of sp³-hybridized carbons (Fsp3) is 0.182. The Balaban J connectivity index is 2.85.